The Balaban J connectivity index is 2.80. The van der Waals surface area contributed by atoms with Gasteiger partial charge in [-0.15, -0.1) is 0 Å². The van der Waals surface area contributed by atoms with Crippen molar-refractivity contribution < 1.29 is 25.2 Å². The van der Waals surface area contributed by atoms with E-state index in [1.807, 2.05) is 0 Å². The minimum atomic E-state index is -1.20. The second-order valence-electron chi connectivity index (χ2n) is 2.92. The minimum absolute atomic E-state index is 0.295. The number of phenolic OH excluding ortho intramolecular Hbond substituents is 2. The second-order valence-corrected chi connectivity index (χ2v) is 2.92. The van der Waals surface area contributed by atoms with E-state index in [9.17, 15) is 4.79 Å². The molecule has 0 saturated carbocycles. The van der Waals surface area contributed by atoms with Gasteiger partial charge in [0.05, 0.1) is 6.61 Å². The number of aliphatic carboxylic acids is 1. The van der Waals surface area contributed by atoms with E-state index >= 15 is 0 Å². The molecule has 1 aromatic carbocycles. The highest BCUT2D eigenvalue weighted by Gasteiger charge is 2.15. The van der Waals surface area contributed by atoms with Crippen molar-refractivity contribution in [3.05, 3.63) is 18.2 Å². The number of benzene rings is 1. The molecule has 1 atom stereocenters. The van der Waals surface area contributed by atoms with E-state index in [1.54, 1.807) is 0 Å². The third kappa shape index (κ3) is 2.75. The van der Waals surface area contributed by atoms with Crippen LogP contribution in [0.2, 0.25) is 0 Å². The van der Waals surface area contributed by atoms with Crippen molar-refractivity contribution in [2.24, 2.45) is 0 Å². The first-order valence-electron chi connectivity index (χ1n) is 4.16. The van der Waals surface area contributed by atoms with E-state index in [0.717, 1.165) is 0 Å². The number of rotatable bonds is 4. The maximum Gasteiger partial charge on any atom is 0.328 e. The molecule has 0 saturated heterocycles. The average Bonchev–Trinajstić information content (AvgIpc) is 2.19. The largest absolute Gasteiger partial charge is 0.504 e. The molecule has 82 valence electrons. The number of hydrogen-bond donors (Lipinski definition) is 5. The molecule has 6 nitrogen and oxygen atoms in total. The van der Waals surface area contributed by atoms with Gasteiger partial charge >= 0.3 is 5.97 Å². The Morgan fingerprint density at radius 2 is 2.00 bits per heavy atom. The number of carboxylic acid groups (broad SMARTS) is 1. The average molecular weight is 213 g/mol. The predicted octanol–water partition coefficient (Wildman–Crippen LogP) is -0.0448. The molecule has 0 heterocycles. The summed E-state index contributed by atoms with van der Waals surface area (Å²) in [5.41, 5.74) is 0.298. The Bertz CT molecular complexity index is 366. The van der Waals surface area contributed by atoms with Crippen molar-refractivity contribution in [2.45, 2.75) is 6.04 Å². The van der Waals surface area contributed by atoms with E-state index in [0.29, 0.717) is 5.69 Å². The molecule has 0 fully saturated rings. The number of phenols is 2. The SMILES string of the molecule is O=C(O)C(CO)Nc1ccc(O)c(O)c1. The number of nitrogens with one attached hydrogen (secondary N) is 1. The van der Waals surface area contributed by atoms with Crippen LogP contribution in [0.5, 0.6) is 11.5 Å². The molecule has 0 amide bonds. The lowest BCUT2D eigenvalue weighted by atomic mass is 10.2. The highest BCUT2D eigenvalue weighted by Crippen LogP contribution is 2.27. The van der Waals surface area contributed by atoms with Crippen LogP contribution in [0.25, 0.3) is 0 Å². The molecule has 0 aliphatic rings. The van der Waals surface area contributed by atoms with E-state index < -0.39 is 18.6 Å². The zero-order valence-electron chi connectivity index (χ0n) is 7.71. The van der Waals surface area contributed by atoms with Gasteiger partial charge in [-0.25, -0.2) is 4.79 Å². The normalized spacial score (nSPS) is 12.1. The summed E-state index contributed by atoms with van der Waals surface area (Å²) in [6.07, 6.45) is 0. The molecule has 5 N–H and O–H groups in total. The van der Waals surface area contributed by atoms with Gasteiger partial charge < -0.3 is 25.7 Å². The molecule has 6 heteroatoms. The Labute approximate surface area is 85.4 Å². The van der Waals surface area contributed by atoms with Crippen LogP contribution in [0.1, 0.15) is 0 Å². The number of hydrogen-bond acceptors (Lipinski definition) is 5. The predicted molar refractivity (Wildman–Crippen MR) is 51.9 cm³/mol. The smallest absolute Gasteiger partial charge is 0.328 e. The molecule has 1 aromatic rings. The topological polar surface area (TPSA) is 110 Å². The number of carboxylic acids is 1. The van der Waals surface area contributed by atoms with Crippen LogP contribution in [-0.2, 0) is 4.79 Å². The van der Waals surface area contributed by atoms with Crippen LogP contribution in [-0.4, -0.2) is 39.0 Å². The number of anilines is 1. The molecule has 0 bridgehead atoms. The van der Waals surface area contributed by atoms with Crippen LogP contribution in [0, 0.1) is 0 Å². The highest BCUT2D eigenvalue weighted by molar-refractivity contribution is 5.77. The number of aromatic hydroxyl groups is 2. The molecule has 0 aromatic heterocycles. The third-order valence-electron chi connectivity index (χ3n) is 1.80. The summed E-state index contributed by atoms with van der Waals surface area (Å²) in [7, 11) is 0. The van der Waals surface area contributed by atoms with Gasteiger partial charge in [0.1, 0.15) is 6.04 Å². The van der Waals surface area contributed by atoms with Gasteiger partial charge in [0.15, 0.2) is 11.5 Å². The Morgan fingerprint density at radius 3 is 2.47 bits per heavy atom. The quantitative estimate of drug-likeness (QED) is 0.354. The molecule has 0 radical (unpaired) electrons. The summed E-state index contributed by atoms with van der Waals surface area (Å²) >= 11 is 0. The molecule has 1 rings (SSSR count). The van der Waals surface area contributed by atoms with E-state index in [4.69, 9.17) is 20.4 Å². The van der Waals surface area contributed by atoms with Gasteiger partial charge in [-0.1, -0.05) is 0 Å². The molecular formula is C9H11NO5. The summed E-state index contributed by atoms with van der Waals surface area (Å²) in [4.78, 5) is 10.6. The molecule has 15 heavy (non-hydrogen) atoms. The third-order valence-corrected chi connectivity index (χ3v) is 1.80. The fourth-order valence-electron chi connectivity index (χ4n) is 1.000. The lowest BCUT2D eigenvalue weighted by Gasteiger charge is -2.13. The fraction of sp³-hybridized carbons (Fsp3) is 0.222. The summed E-state index contributed by atoms with van der Waals surface area (Å²) in [5, 5.41) is 38.0. The highest BCUT2D eigenvalue weighted by atomic mass is 16.4. The number of aliphatic hydroxyl groups excluding tert-OH is 1. The summed E-state index contributed by atoms with van der Waals surface area (Å²) in [6.45, 7) is -0.572. The monoisotopic (exact) mass is 213 g/mol. The van der Waals surface area contributed by atoms with E-state index in [2.05, 4.69) is 5.32 Å². The molecule has 0 aliphatic carbocycles. The number of aliphatic hydroxyl groups is 1. The van der Waals surface area contributed by atoms with Crippen molar-refractivity contribution in [2.75, 3.05) is 11.9 Å². The zero-order valence-corrected chi connectivity index (χ0v) is 7.71. The van der Waals surface area contributed by atoms with Crippen molar-refractivity contribution in [1.82, 2.24) is 0 Å². The summed E-state index contributed by atoms with van der Waals surface area (Å²) in [5.74, 6) is -1.86. The second kappa shape index (κ2) is 4.52. The summed E-state index contributed by atoms with van der Waals surface area (Å²) in [6, 6.07) is 2.63. The van der Waals surface area contributed by atoms with Gasteiger partial charge in [0.25, 0.3) is 0 Å². The van der Waals surface area contributed by atoms with Gasteiger partial charge in [0.2, 0.25) is 0 Å². The maximum absolute atomic E-state index is 10.6. The molecular weight excluding hydrogens is 202 g/mol. The standard InChI is InChI=1S/C9H11NO5/c11-4-6(9(14)15)10-5-1-2-7(12)8(13)3-5/h1-3,6,10-13H,4H2,(H,14,15). The molecule has 0 spiro atoms. The summed E-state index contributed by atoms with van der Waals surface area (Å²) < 4.78 is 0. The minimum Gasteiger partial charge on any atom is -0.504 e. The van der Waals surface area contributed by atoms with Crippen LogP contribution in [0.3, 0.4) is 0 Å². The Kier molecular flexibility index (Phi) is 3.35. The van der Waals surface area contributed by atoms with Crippen molar-refractivity contribution in [1.29, 1.82) is 0 Å². The molecule has 1 unspecified atom stereocenters. The van der Waals surface area contributed by atoms with Crippen LogP contribution >= 0.6 is 0 Å². The fourth-order valence-corrected chi connectivity index (χ4v) is 1.000. The van der Waals surface area contributed by atoms with Gasteiger partial charge in [-0.2, -0.15) is 0 Å². The lowest BCUT2D eigenvalue weighted by Crippen LogP contribution is -2.32. The van der Waals surface area contributed by atoms with Crippen molar-refractivity contribution in [3.63, 3.8) is 0 Å². The van der Waals surface area contributed by atoms with Crippen molar-refractivity contribution >= 4 is 11.7 Å². The Hall–Kier alpha value is -1.95. The first-order valence-corrected chi connectivity index (χ1v) is 4.16. The first kappa shape index (κ1) is 11.1. The van der Waals surface area contributed by atoms with E-state index in [-0.39, 0.29) is 11.5 Å². The van der Waals surface area contributed by atoms with Crippen LogP contribution in [0.4, 0.5) is 5.69 Å². The van der Waals surface area contributed by atoms with E-state index in [1.165, 1.54) is 18.2 Å². The molecule has 0 aliphatic heterocycles. The zero-order chi connectivity index (χ0) is 11.4. The maximum atomic E-state index is 10.6. The lowest BCUT2D eigenvalue weighted by molar-refractivity contribution is -0.138. The van der Waals surface area contributed by atoms with Crippen LogP contribution < -0.4 is 5.32 Å². The number of carbonyl (C=O) groups is 1. The van der Waals surface area contributed by atoms with Gasteiger partial charge in [0, 0.05) is 11.8 Å². The van der Waals surface area contributed by atoms with Crippen molar-refractivity contribution in [3.8, 4) is 11.5 Å². The Morgan fingerprint density at radius 1 is 1.33 bits per heavy atom. The first-order chi connectivity index (χ1) is 7.04. The van der Waals surface area contributed by atoms with Gasteiger partial charge in [-0.05, 0) is 12.1 Å². The van der Waals surface area contributed by atoms with Gasteiger partial charge in [-0.3, -0.25) is 0 Å². The van der Waals surface area contributed by atoms with Crippen LogP contribution in [0.15, 0.2) is 18.2 Å².